The molecule has 4 nitrogen and oxygen atoms in total. The van der Waals surface area contributed by atoms with E-state index < -0.39 is 0 Å². The van der Waals surface area contributed by atoms with Crippen LogP contribution in [0.2, 0.25) is 0 Å². The van der Waals surface area contributed by atoms with Crippen molar-refractivity contribution in [1.29, 1.82) is 0 Å². The summed E-state index contributed by atoms with van der Waals surface area (Å²) in [6.45, 7) is 14.0. The highest BCUT2D eigenvalue weighted by Crippen LogP contribution is 2.10. The number of rotatable bonds is 18. The third-order valence-corrected chi connectivity index (χ3v) is 4.49. The quantitative estimate of drug-likeness (QED) is 0.135. The predicted molar refractivity (Wildman–Crippen MR) is 123 cm³/mol. The summed E-state index contributed by atoms with van der Waals surface area (Å²) < 4.78 is 9.82. The Morgan fingerprint density at radius 2 is 1.07 bits per heavy atom. The van der Waals surface area contributed by atoms with Gasteiger partial charge in [-0.2, -0.15) is 0 Å². The van der Waals surface area contributed by atoms with Gasteiger partial charge in [-0.3, -0.25) is 0 Å². The predicted octanol–water partition coefficient (Wildman–Crippen LogP) is 7.32. The van der Waals surface area contributed by atoms with E-state index in [1.807, 2.05) is 0 Å². The zero-order valence-electron chi connectivity index (χ0n) is 19.4. The first-order valence-corrected chi connectivity index (χ1v) is 11.6. The molecule has 29 heavy (non-hydrogen) atoms. The first-order chi connectivity index (χ1) is 14.0. The van der Waals surface area contributed by atoms with Gasteiger partial charge < -0.3 is 9.47 Å². The third kappa shape index (κ3) is 26.4. The second kappa shape index (κ2) is 24.5. The molecule has 0 aliphatic carbocycles. The van der Waals surface area contributed by atoms with Gasteiger partial charge in [-0.15, -0.1) is 0 Å². The van der Waals surface area contributed by atoms with Gasteiger partial charge in [0, 0.05) is 11.6 Å². The van der Waals surface area contributed by atoms with Gasteiger partial charge in [-0.05, 0) is 19.8 Å². The fraction of sp³-hybridized carbons (Fsp3) is 0.760. The second-order valence-corrected chi connectivity index (χ2v) is 7.53. The molecule has 0 atom stereocenters. The first-order valence-electron chi connectivity index (χ1n) is 11.6. The molecule has 0 aliphatic heterocycles. The van der Waals surface area contributed by atoms with Crippen molar-refractivity contribution in [3.05, 3.63) is 24.8 Å². The topological polar surface area (TPSA) is 52.6 Å². The molecule has 0 amide bonds. The molecular weight excluding hydrogens is 364 g/mol. The van der Waals surface area contributed by atoms with E-state index in [1.54, 1.807) is 6.92 Å². The number of carbonyl (C=O) groups is 2. The molecule has 0 aliphatic rings. The Morgan fingerprint density at radius 1 is 0.690 bits per heavy atom. The molecule has 0 unspecified atom stereocenters. The summed E-state index contributed by atoms with van der Waals surface area (Å²) in [5, 5.41) is 0. The molecule has 0 aromatic carbocycles. The second-order valence-electron chi connectivity index (χ2n) is 7.53. The maximum atomic E-state index is 10.9. The van der Waals surface area contributed by atoms with Gasteiger partial charge in [0.05, 0.1) is 13.2 Å². The maximum absolute atomic E-state index is 10.9. The van der Waals surface area contributed by atoms with Gasteiger partial charge in [0.25, 0.3) is 0 Å². The average molecular weight is 411 g/mol. The lowest BCUT2D eigenvalue weighted by molar-refractivity contribution is -0.139. The van der Waals surface area contributed by atoms with Crippen LogP contribution in [0.15, 0.2) is 24.8 Å². The van der Waals surface area contributed by atoms with E-state index in [0.29, 0.717) is 18.8 Å². The normalized spacial score (nSPS) is 9.90. The molecular formula is C25H46O4. The number of esters is 2. The van der Waals surface area contributed by atoms with Crippen LogP contribution >= 0.6 is 0 Å². The van der Waals surface area contributed by atoms with Crippen molar-refractivity contribution < 1.29 is 19.1 Å². The fourth-order valence-corrected chi connectivity index (χ4v) is 2.64. The number of unbranched alkanes of at least 4 members (excludes halogenated alkanes) is 12. The summed E-state index contributed by atoms with van der Waals surface area (Å²) in [5.41, 5.74) is 0.477. The molecule has 0 saturated carbocycles. The minimum Gasteiger partial charge on any atom is -0.463 e. The largest absolute Gasteiger partial charge is 0.463 e. The summed E-state index contributed by atoms with van der Waals surface area (Å²) in [7, 11) is 0. The van der Waals surface area contributed by atoms with E-state index in [0.717, 1.165) is 19.3 Å². The first kappa shape index (κ1) is 29.6. The molecule has 0 heterocycles. The molecule has 0 N–H and O–H groups in total. The van der Waals surface area contributed by atoms with Crippen LogP contribution < -0.4 is 0 Å². The smallest absolute Gasteiger partial charge is 0.333 e. The minimum atomic E-state index is -0.305. The van der Waals surface area contributed by atoms with Gasteiger partial charge in [0.15, 0.2) is 0 Å². The van der Waals surface area contributed by atoms with Crippen LogP contribution in [0.5, 0.6) is 0 Å². The molecule has 0 radical (unpaired) electrons. The zero-order valence-corrected chi connectivity index (χ0v) is 19.4. The van der Waals surface area contributed by atoms with Crippen molar-refractivity contribution in [3.63, 3.8) is 0 Å². The summed E-state index contributed by atoms with van der Waals surface area (Å²) in [4.78, 5) is 21.6. The van der Waals surface area contributed by atoms with Crippen LogP contribution in [0.1, 0.15) is 111 Å². The Kier molecular flexibility index (Phi) is 25.0. The van der Waals surface area contributed by atoms with Crippen LogP contribution in [0.3, 0.4) is 0 Å². The number of hydrogen-bond acceptors (Lipinski definition) is 4. The molecule has 0 saturated heterocycles. The highest BCUT2D eigenvalue weighted by atomic mass is 16.5. The zero-order chi connectivity index (χ0) is 22.2. The molecule has 0 bridgehead atoms. The summed E-state index contributed by atoms with van der Waals surface area (Å²) in [5.74, 6) is -0.576. The van der Waals surface area contributed by atoms with Crippen LogP contribution in [0.4, 0.5) is 0 Å². The van der Waals surface area contributed by atoms with Crippen molar-refractivity contribution in [2.45, 2.75) is 111 Å². The fourth-order valence-electron chi connectivity index (χ4n) is 2.64. The Labute approximate surface area is 180 Å². The van der Waals surface area contributed by atoms with Crippen molar-refractivity contribution >= 4 is 11.9 Å². The number of ether oxygens (including phenoxy) is 2. The Balaban J connectivity index is 0. The standard InChI is InChI=1S/C15H28O2.C10H18O2/c1-3-5-6-7-8-9-10-11-12-13-14-17-15(16)4-2;1-4-5-6-7-8-12-10(11)9(2)3/h4H,2-3,5-14H2,1H3;2,4-8H2,1,3H3. The van der Waals surface area contributed by atoms with E-state index in [-0.39, 0.29) is 11.9 Å². The van der Waals surface area contributed by atoms with E-state index in [4.69, 9.17) is 9.47 Å². The molecule has 170 valence electrons. The van der Waals surface area contributed by atoms with Crippen molar-refractivity contribution in [3.8, 4) is 0 Å². The van der Waals surface area contributed by atoms with Gasteiger partial charge in [-0.25, -0.2) is 9.59 Å². The van der Waals surface area contributed by atoms with Gasteiger partial charge >= 0.3 is 11.9 Å². The monoisotopic (exact) mass is 410 g/mol. The van der Waals surface area contributed by atoms with Crippen LogP contribution in [0.25, 0.3) is 0 Å². The Hall–Kier alpha value is -1.58. The van der Waals surface area contributed by atoms with E-state index in [2.05, 4.69) is 27.0 Å². The molecule has 0 aromatic rings. The van der Waals surface area contributed by atoms with Crippen LogP contribution in [-0.4, -0.2) is 25.2 Å². The molecule has 0 spiro atoms. The van der Waals surface area contributed by atoms with Crippen molar-refractivity contribution in [2.24, 2.45) is 0 Å². The van der Waals surface area contributed by atoms with Crippen LogP contribution in [0, 0.1) is 0 Å². The van der Waals surface area contributed by atoms with E-state index in [9.17, 15) is 9.59 Å². The number of carbonyl (C=O) groups excluding carboxylic acids is 2. The van der Waals surface area contributed by atoms with E-state index in [1.165, 1.54) is 76.7 Å². The summed E-state index contributed by atoms with van der Waals surface area (Å²) >= 11 is 0. The Bertz CT molecular complexity index is 415. The van der Waals surface area contributed by atoms with Crippen molar-refractivity contribution in [2.75, 3.05) is 13.2 Å². The van der Waals surface area contributed by atoms with Crippen LogP contribution in [-0.2, 0) is 19.1 Å². The van der Waals surface area contributed by atoms with Crippen molar-refractivity contribution in [1.82, 2.24) is 0 Å². The van der Waals surface area contributed by atoms with E-state index >= 15 is 0 Å². The lowest BCUT2D eigenvalue weighted by Gasteiger charge is -2.03. The molecule has 0 fully saturated rings. The maximum Gasteiger partial charge on any atom is 0.333 e. The lowest BCUT2D eigenvalue weighted by atomic mass is 10.1. The highest BCUT2D eigenvalue weighted by Gasteiger charge is 2.01. The molecule has 0 aromatic heterocycles. The summed E-state index contributed by atoms with van der Waals surface area (Å²) in [6, 6.07) is 0. The summed E-state index contributed by atoms with van der Waals surface area (Å²) in [6.07, 6.45) is 18.7. The highest BCUT2D eigenvalue weighted by molar-refractivity contribution is 5.86. The Morgan fingerprint density at radius 3 is 1.48 bits per heavy atom. The average Bonchev–Trinajstić information content (AvgIpc) is 2.71. The SMILES string of the molecule is C=C(C)C(=O)OCCCCCC.C=CC(=O)OCCCCCCCCCCCC. The molecule has 4 heteroatoms. The minimum absolute atomic E-state index is 0.272. The van der Waals surface area contributed by atoms with Gasteiger partial charge in [-0.1, -0.05) is 104 Å². The van der Waals surface area contributed by atoms with Gasteiger partial charge in [0.2, 0.25) is 0 Å². The number of hydrogen-bond donors (Lipinski definition) is 0. The third-order valence-electron chi connectivity index (χ3n) is 4.49. The van der Waals surface area contributed by atoms with Gasteiger partial charge in [0.1, 0.15) is 0 Å². The molecule has 0 rings (SSSR count). The lowest BCUT2D eigenvalue weighted by Crippen LogP contribution is -2.05.